The van der Waals surface area contributed by atoms with E-state index in [0.717, 1.165) is 19.6 Å². The normalized spacial score (nSPS) is 29.6. The van der Waals surface area contributed by atoms with Gasteiger partial charge in [0, 0.05) is 47.0 Å². The third-order valence-corrected chi connectivity index (χ3v) is 2.77. The largest absolute Gasteiger partial charge is 0.383 e. The zero-order chi connectivity index (χ0) is 11.3. The van der Waals surface area contributed by atoms with Crippen LogP contribution in [0, 0.1) is 0 Å². The summed E-state index contributed by atoms with van der Waals surface area (Å²) in [5.41, 5.74) is 5.89. The lowest BCUT2D eigenvalue weighted by Crippen LogP contribution is -2.39. The molecule has 1 aliphatic rings. The van der Waals surface area contributed by atoms with Crippen LogP contribution < -0.4 is 5.73 Å². The smallest absolute Gasteiger partial charge is 0.0971 e. The minimum absolute atomic E-state index is 0.0584. The highest BCUT2D eigenvalue weighted by Gasteiger charge is 2.33. The first-order chi connectivity index (χ1) is 7.21. The van der Waals surface area contributed by atoms with Crippen LogP contribution in [-0.4, -0.2) is 70.7 Å². The fourth-order valence-electron chi connectivity index (χ4n) is 2.02. The first-order valence-electron chi connectivity index (χ1n) is 5.23. The molecule has 0 aromatic rings. The van der Waals surface area contributed by atoms with Crippen molar-refractivity contribution in [3.05, 3.63) is 0 Å². The summed E-state index contributed by atoms with van der Waals surface area (Å²) in [6, 6.07) is 0.0584. The van der Waals surface area contributed by atoms with Gasteiger partial charge in [0.05, 0.1) is 18.8 Å². The van der Waals surface area contributed by atoms with Crippen molar-refractivity contribution in [2.24, 2.45) is 5.73 Å². The first kappa shape index (κ1) is 12.9. The molecule has 90 valence electrons. The lowest BCUT2D eigenvalue weighted by Gasteiger charge is -2.19. The molecule has 1 fully saturated rings. The lowest BCUT2D eigenvalue weighted by molar-refractivity contribution is -0.00461. The molecule has 0 bridgehead atoms. The summed E-state index contributed by atoms with van der Waals surface area (Å²) < 4.78 is 15.7. The van der Waals surface area contributed by atoms with Crippen LogP contribution in [0.4, 0.5) is 0 Å². The molecule has 3 atom stereocenters. The summed E-state index contributed by atoms with van der Waals surface area (Å²) >= 11 is 0. The molecule has 0 amide bonds. The van der Waals surface area contributed by atoms with Crippen LogP contribution >= 0.6 is 0 Å². The molecule has 0 aromatic carbocycles. The van der Waals surface area contributed by atoms with E-state index in [4.69, 9.17) is 19.9 Å². The molecule has 2 N–H and O–H groups in total. The Labute approximate surface area is 91.5 Å². The van der Waals surface area contributed by atoms with E-state index in [-0.39, 0.29) is 18.2 Å². The van der Waals surface area contributed by atoms with Gasteiger partial charge in [-0.15, -0.1) is 0 Å². The fourth-order valence-corrected chi connectivity index (χ4v) is 2.02. The van der Waals surface area contributed by atoms with E-state index in [2.05, 4.69) is 4.90 Å². The van der Waals surface area contributed by atoms with Crippen molar-refractivity contribution >= 4 is 0 Å². The number of nitrogens with zero attached hydrogens (tertiary/aromatic N) is 1. The van der Waals surface area contributed by atoms with Gasteiger partial charge in [0.15, 0.2) is 0 Å². The highest BCUT2D eigenvalue weighted by molar-refractivity contribution is 4.87. The second-order valence-electron chi connectivity index (χ2n) is 3.98. The topological polar surface area (TPSA) is 57.0 Å². The van der Waals surface area contributed by atoms with Crippen molar-refractivity contribution in [2.45, 2.75) is 18.2 Å². The highest BCUT2D eigenvalue weighted by Crippen LogP contribution is 2.15. The fraction of sp³-hybridized carbons (Fsp3) is 1.00. The Morgan fingerprint density at radius 2 is 1.73 bits per heavy atom. The van der Waals surface area contributed by atoms with Crippen LogP contribution in [0.2, 0.25) is 0 Å². The molecule has 3 unspecified atom stereocenters. The summed E-state index contributed by atoms with van der Waals surface area (Å²) in [7, 11) is 5.10. The molecule has 5 nitrogen and oxygen atoms in total. The summed E-state index contributed by atoms with van der Waals surface area (Å²) in [5.74, 6) is 0. The number of rotatable bonds is 6. The van der Waals surface area contributed by atoms with Gasteiger partial charge in [-0.25, -0.2) is 0 Å². The maximum atomic E-state index is 5.89. The van der Waals surface area contributed by atoms with Gasteiger partial charge >= 0.3 is 0 Å². The Kier molecular flexibility index (Phi) is 5.49. The number of nitrogens with two attached hydrogens (primary N) is 1. The minimum atomic E-state index is 0.0584. The van der Waals surface area contributed by atoms with Crippen molar-refractivity contribution in [3.8, 4) is 0 Å². The Hall–Kier alpha value is -0.200. The standard InChI is InChI=1S/C10H22N2O3/c1-13-7-8(11)4-12-5-9(14-2)10(6-12)15-3/h8-10H,4-7,11H2,1-3H3. The number of likely N-dealkylation sites (tertiary alicyclic amines) is 1. The maximum Gasteiger partial charge on any atom is 0.0971 e. The van der Waals surface area contributed by atoms with Crippen LogP contribution in [0.3, 0.4) is 0 Å². The molecule has 1 rings (SSSR count). The Balaban J connectivity index is 2.33. The van der Waals surface area contributed by atoms with E-state index in [1.165, 1.54) is 0 Å². The Bertz CT molecular complexity index is 168. The number of hydrogen-bond acceptors (Lipinski definition) is 5. The molecule has 1 saturated heterocycles. The molecule has 1 heterocycles. The number of hydrogen-bond donors (Lipinski definition) is 1. The first-order valence-corrected chi connectivity index (χ1v) is 5.23. The Morgan fingerprint density at radius 3 is 2.13 bits per heavy atom. The van der Waals surface area contributed by atoms with Gasteiger partial charge < -0.3 is 19.9 Å². The monoisotopic (exact) mass is 218 g/mol. The molecule has 5 heteroatoms. The maximum absolute atomic E-state index is 5.89. The second-order valence-corrected chi connectivity index (χ2v) is 3.98. The predicted molar refractivity (Wildman–Crippen MR) is 57.9 cm³/mol. The van der Waals surface area contributed by atoms with E-state index in [0.29, 0.717) is 6.61 Å². The van der Waals surface area contributed by atoms with Crippen molar-refractivity contribution in [1.82, 2.24) is 4.90 Å². The third kappa shape index (κ3) is 3.70. The zero-order valence-electron chi connectivity index (χ0n) is 9.81. The third-order valence-electron chi connectivity index (χ3n) is 2.77. The van der Waals surface area contributed by atoms with Gasteiger partial charge in [0.2, 0.25) is 0 Å². The van der Waals surface area contributed by atoms with E-state index in [1.54, 1.807) is 21.3 Å². The molecule has 0 aromatic heterocycles. The Morgan fingerprint density at radius 1 is 1.20 bits per heavy atom. The molecular formula is C10H22N2O3. The van der Waals surface area contributed by atoms with Crippen LogP contribution in [0.25, 0.3) is 0 Å². The second kappa shape index (κ2) is 6.40. The van der Waals surface area contributed by atoms with Crippen molar-refractivity contribution in [1.29, 1.82) is 0 Å². The summed E-state index contributed by atoms with van der Waals surface area (Å²) in [5, 5.41) is 0. The molecule has 0 aliphatic carbocycles. The summed E-state index contributed by atoms with van der Waals surface area (Å²) in [6.45, 7) is 3.18. The average molecular weight is 218 g/mol. The van der Waals surface area contributed by atoms with Gasteiger partial charge in [-0.05, 0) is 0 Å². The molecule has 0 spiro atoms. The van der Waals surface area contributed by atoms with Crippen molar-refractivity contribution in [2.75, 3.05) is 47.6 Å². The molecule has 1 aliphatic heterocycles. The van der Waals surface area contributed by atoms with E-state index in [1.807, 2.05) is 0 Å². The summed E-state index contributed by atoms with van der Waals surface area (Å²) in [6.07, 6.45) is 0.314. The van der Waals surface area contributed by atoms with Gasteiger partial charge in [-0.1, -0.05) is 0 Å². The minimum Gasteiger partial charge on any atom is -0.383 e. The van der Waals surface area contributed by atoms with Crippen LogP contribution in [0.15, 0.2) is 0 Å². The van der Waals surface area contributed by atoms with Gasteiger partial charge in [0.1, 0.15) is 0 Å². The van der Waals surface area contributed by atoms with Crippen molar-refractivity contribution < 1.29 is 14.2 Å². The number of ether oxygens (including phenoxy) is 3. The van der Waals surface area contributed by atoms with Gasteiger partial charge in [0.25, 0.3) is 0 Å². The van der Waals surface area contributed by atoms with E-state index >= 15 is 0 Å². The highest BCUT2D eigenvalue weighted by atomic mass is 16.5. The molecule has 0 saturated carbocycles. The van der Waals surface area contributed by atoms with Crippen LogP contribution in [-0.2, 0) is 14.2 Å². The molecular weight excluding hydrogens is 196 g/mol. The van der Waals surface area contributed by atoms with Gasteiger partial charge in [-0.2, -0.15) is 0 Å². The summed E-state index contributed by atoms with van der Waals surface area (Å²) in [4.78, 5) is 2.26. The molecule has 15 heavy (non-hydrogen) atoms. The average Bonchev–Trinajstić information content (AvgIpc) is 2.60. The number of methoxy groups -OCH3 is 3. The van der Waals surface area contributed by atoms with Gasteiger partial charge in [-0.3, -0.25) is 4.90 Å². The predicted octanol–water partition coefficient (Wildman–Crippen LogP) is -0.694. The van der Waals surface area contributed by atoms with E-state index < -0.39 is 0 Å². The zero-order valence-corrected chi connectivity index (χ0v) is 9.81. The molecule has 0 radical (unpaired) electrons. The van der Waals surface area contributed by atoms with Crippen molar-refractivity contribution in [3.63, 3.8) is 0 Å². The van der Waals surface area contributed by atoms with Crippen LogP contribution in [0.1, 0.15) is 0 Å². The lowest BCUT2D eigenvalue weighted by atomic mass is 10.3. The van der Waals surface area contributed by atoms with Crippen LogP contribution in [0.5, 0.6) is 0 Å². The quantitative estimate of drug-likeness (QED) is 0.639. The van der Waals surface area contributed by atoms with E-state index in [9.17, 15) is 0 Å². The SMILES string of the molecule is COCC(N)CN1CC(OC)C(OC)C1.